The molecule has 13 nitrogen and oxygen atoms in total. The molecule has 0 bridgehead atoms. The molecule has 1 unspecified atom stereocenters. The van der Waals surface area contributed by atoms with Crippen LogP contribution in [0.2, 0.25) is 0 Å². The summed E-state index contributed by atoms with van der Waals surface area (Å²) in [5, 5.41) is 16.8. The number of nitrogens with one attached hydrogen (secondary N) is 3. The number of alkyl halides is 1. The molecule has 1 aromatic rings. The van der Waals surface area contributed by atoms with Crippen molar-refractivity contribution in [2.45, 2.75) is 51.8 Å². The van der Waals surface area contributed by atoms with Gasteiger partial charge in [0.2, 0.25) is 5.91 Å². The van der Waals surface area contributed by atoms with Gasteiger partial charge in [-0.15, -0.1) is 11.6 Å². The highest BCUT2D eigenvalue weighted by Crippen LogP contribution is 2.06. The number of halogens is 1. The lowest BCUT2D eigenvalue weighted by molar-refractivity contribution is -0.123. The Morgan fingerprint density at radius 2 is 1.50 bits per heavy atom. The number of hydrogen-bond donors (Lipinski definition) is 4. The minimum Gasteiger partial charge on any atom is -0.465 e. The molecule has 252 valence electrons. The third kappa shape index (κ3) is 22.9. The zero-order valence-electron chi connectivity index (χ0n) is 25.8. The van der Waals surface area contributed by atoms with Gasteiger partial charge in [0.15, 0.2) is 6.23 Å². The summed E-state index contributed by atoms with van der Waals surface area (Å²) < 4.78 is 32.4. The number of hydrogen-bond acceptors (Lipinski definition) is 9. The molecule has 1 aromatic carbocycles. The van der Waals surface area contributed by atoms with E-state index >= 15 is 0 Å². The van der Waals surface area contributed by atoms with Crippen molar-refractivity contribution in [1.82, 2.24) is 16.0 Å². The number of rotatable bonds is 29. The van der Waals surface area contributed by atoms with Crippen LogP contribution in [0, 0.1) is 0 Å². The van der Waals surface area contributed by atoms with E-state index in [1.54, 1.807) is 24.3 Å². The van der Waals surface area contributed by atoms with Gasteiger partial charge in [0.05, 0.1) is 65.9 Å². The largest absolute Gasteiger partial charge is 0.465 e. The molecule has 0 aromatic heterocycles. The Kier molecular flexibility index (Phi) is 25.1. The monoisotopic (exact) mass is 647 g/mol. The summed E-state index contributed by atoms with van der Waals surface area (Å²) in [6.45, 7) is 6.65. The molecular weight excluding hydrogens is 598 g/mol. The third-order valence-electron chi connectivity index (χ3n) is 5.91. The van der Waals surface area contributed by atoms with Crippen LogP contribution in [0.1, 0.15) is 54.9 Å². The Hall–Kier alpha value is -2.52. The molecule has 1 rings (SSSR count). The van der Waals surface area contributed by atoms with Crippen molar-refractivity contribution in [2.75, 3.05) is 85.1 Å². The van der Waals surface area contributed by atoms with Crippen molar-refractivity contribution in [2.24, 2.45) is 0 Å². The SMILES string of the molecule is CCOCCOCCOCC(NC(=O)O)OCCC(=O)NCc1cccc(C(=O)NCCOCCOCCCCCCCl)c1. The second-order valence-corrected chi connectivity index (χ2v) is 9.88. The molecule has 0 aliphatic rings. The average molecular weight is 648 g/mol. The predicted octanol–water partition coefficient (Wildman–Crippen LogP) is 2.94. The number of unbranched alkanes of at least 4 members (excludes halogenated alkanes) is 3. The topological polar surface area (TPSA) is 163 Å². The highest BCUT2D eigenvalue weighted by molar-refractivity contribution is 6.17. The quantitative estimate of drug-likeness (QED) is 0.0578. The number of carboxylic acid groups (broad SMARTS) is 1. The number of amides is 3. The van der Waals surface area contributed by atoms with Crippen LogP contribution in [0.25, 0.3) is 0 Å². The molecule has 0 aliphatic carbocycles. The first kappa shape index (κ1) is 39.5. The van der Waals surface area contributed by atoms with Gasteiger partial charge in [-0.3, -0.25) is 14.9 Å². The second-order valence-electron chi connectivity index (χ2n) is 9.50. The minimum atomic E-state index is -1.27. The van der Waals surface area contributed by atoms with Crippen LogP contribution < -0.4 is 16.0 Å². The summed E-state index contributed by atoms with van der Waals surface area (Å²) in [4.78, 5) is 35.8. The van der Waals surface area contributed by atoms with Crippen LogP contribution in [-0.2, 0) is 39.8 Å². The molecule has 0 saturated heterocycles. The summed E-state index contributed by atoms with van der Waals surface area (Å²) in [6.07, 6.45) is 2.10. The lowest BCUT2D eigenvalue weighted by Gasteiger charge is -2.18. The van der Waals surface area contributed by atoms with Crippen LogP contribution in [-0.4, -0.2) is 114 Å². The first-order valence-corrected chi connectivity index (χ1v) is 15.7. The lowest BCUT2D eigenvalue weighted by atomic mass is 10.1. The predicted molar refractivity (Wildman–Crippen MR) is 165 cm³/mol. The Morgan fingerprint density at radius 3 is 2.23 bits per heavy atom. The summed E-state index contributed by atoms with van der Waals surface area (Å²) in [6, 6.07) is 6.95. The molecule has 0 radical (unpaired) electrons. The van der Waals surface area contributed by atoms with Crippen LogP contribution in [0.15, 0.2) is 24.3 Å². The number of carbonyl (C=O) groups excluding carboxylic acids is 2. The minimum absolute atomic E-state index is 0.0120. The molecule has 0 aliphatic heterocycles. The molecule has 1 atom stereocenters. The van der Waals surface area contributed by atoms with Gasteiger partial charge in [-0.1, -0.05) is 25.0 Å². The number of carbonyl (C=O) groups is 3. The van der Waals surface area contributed by atoms with Gasteiger partial charge in [0, 0.05) is 37.7 Å². The van der Waals surface area contributed by atoms with Crippen LogP contribution >= 0.6 is 11.6 Å². The maximum Gasteiger partial charge on any atom is 0.406 e. The molecule has 4 N–H and O–H groups in total. The first-order valence-electron chi connectivity index (χ1n) is 15.2. The van der Waals surface area contributed by atoms with Crippen molar-refractivity contribution in [1.29, 1.82) is 0 Å². The van der Waals surface area contributed by atoms with E-state index in [4.69, 9.17) is 45.1 Å². The maximum absolute atomic E-state index is 12.5. The first-order chi connectivity index (χ1) is 21.5. The molecule has 0 heterocycles. The van der Waals surface area contributed by atoms with Crippen LogP contribution in [0.3, 0.4) is 0 Å². The fourth-order valence-corrected chi connectivity index (χ4v) is 3.85. The van der Waals surface area contributed by atoms with Crippen molar-refractivity contribution in [3.63, 3.8) is 0 Å². The average Bonchev–Trinajstić information content (AvgIpc) is 3.01. The zero-order chi connectivity index (χ0) is 32.1. The van der Waals surface area contributed by atoms with E-state index in [-0.39, 0.29) is 44.6 Å². The van der Waals surface area contributed by atoms with Crippen LogP contribution in [0.4, 0.5) is 4.79 Å². The fourth-order valence-electron chi connectivity index (χ4n) is 3.66. The normalized spacial score (nSPS) is 11.7. The van der Waals surface area contributed by atoms with E-state index in [9.17, 15) is 14.4 Å². The molecule has 0 fully saturated rings. The standard InChI is InChI=1S/C30H50ClN3O10/c1-2-39-16-17-42-20-21-43-24-28(34-30(37)38)44-14-10-27(35)33-23-25-8-7-9-26(22-25)29(36)32-12-15-41-19-18-40-13-6-4-3-5-11-31/h7-9,22,28,34H,2-6,10-21,23-24H2,1H3,(H,32,36)(H,33,35)(H,37,38). The van der Waals surface area contributed by atoms with Crippen molar-refractivity contribution in [3.05, 3.63) is 35.4 Å². The maximum atomic E-state index is 12.5. The van der Waals surface area contributed by atoms with Crippen molar-refractivity contribution >= 4 is 29.5 Å². The highest BCUT2D eigenvalue weighted by Gasteiger charge is 2.13. The van der Waals surface area contributed by atoms with E-state index in [0.29, 0.717) is 70.8 Å². The Balaban J connectivity index is 2.21. The van der Waals surface area contributed by atoms with Gasteiger partial charge < -0.3 is 44.2 Å². The van der Waals surface area contributed by atoms with Gasteiger partial charge >= 0.3 is 6.09 Å². The van der Waals surface area contributed by atoms with E-state index < -0.39 is 12.3 Å². The Labute approximate surface area is 265 Å². The molecule has 3 amide bonds. The van der Waals surface area contributed by atoms with Crippen molar-refractivity contribution < 1.29 is 47.9 Å². The van der Waals surface area contributed by atoms with Gasteiger partial charge in [-0.25, -0.2) is 4.79 Å². The van der Waals surface area contributed by atoms with E-state index in [2.05, 4.69) is 16.0 Å². The summed E-state index contributed by atoms with van der Waals surface area (Å²) >= 11 is 5.65. The fraction of sp³-hybridized carbons (Fsp3) is 0.700. The smallest absolute Gasteiger partial charge is 0.406 e. The molecular formula is C30H50ClN3O10. The molecule has 0 saturated carbocycles. The number of ether oxygens (including phenoxy) is 6. The van der Waals surface area contributed by atoms with Gasteiger partial charge in [0.1, 0.15) is 0 Å². The zero-order valence-corrected chi connectivity index (χ0v) is 26.6. The Morgan fingerprint density at radius 1 is 0.818 bits per heavy atom. The van der Waals surface area contributed by atoms with Crippen molar-refractivity contribution in [3.8, 4) is 0 Å². The summed E-state index contributed by atoms with van der Waals surface area (Å²) in [7, 11) is 0. The second kappa shape index (κ2) is 28.0. The lowest BCUT2D eigenvalue weighted by Crippen LogP contribution is -2.40. The third-order valence-corrected chi connectivity index (χ3v) is 6.17. The van der Waals surface area contributed by atoms with Gasteiger partial charge in [0.25, 0.3) is 5.91 Å². The molecule has 0 spiro atoms. The summed E-state index contributed by atoms with van der Waals surface area (Å²) in [5.74, 6) is 0.181. The number of benzene rings is 1. The molecule has 44 heavy (non-hydrogen) atoms. The highest BCUT2D eigenvalue weighted by atomic mass is 35.5. The molecule has 14 heteroatoms. The van der Waals surface area contributed by atoms with E-state index in [0.717, 1.165) is 31.2 Å². The van der Waals surface area contributed by atoms with E-state index in [1.165, 1.54) is 0 Å². The summed E-state index contributed by atoms with van der Waals surface area (Å²) in [5.41, 5.74) is 1.23. The van der Waals surface area contributed by atoms with Gasteiger partial charge in [-0.2, -0.15) is 0 Å². The Bertz CT molecular complexity index is 896. The van der Waals surface area contributed by atoms with Gasteiger partial charge in [-0.05, 0) is 37.5 Å². The van der Waals surface area contributed by atoms with E-state index in [1.807, 2.05) is 6.92 Å². The van der Waals surface area contributed by atoms with Crippen LogP contribution in [0.5, 0.6) is 0 Å².